The maximum atomic E-state index is 12.6. The average molecular weight is 491 g/mol. The molecule has 0 bridgehead atoms. The molecule has 0 aliphatic heterocycles. The number of fused-ring (bicyclic) bond motifs is 1. The Morgan fingerprint density at radius 2 is 1.61 bits per heavy atom. The molecule has 0 fully saturated rings. The zero-order valence-electron chi connectivity index (χ0n) is 19.7. The van der Waals surface area contributed by atoms with Gasteiger partial charge in [-0.3, -0.25) is 14.3 Å². The third kappa shape index (κ3) is 7.00. The van der Waals surface area contributed by atoms with Gasteiger partial charge in [0, 0.05) is 17.8 Å². The van der Waals surface area contributed by atoms with Crippen molar-refractivity contribution >= 4 is 34.5 Å². The first-order valence-electron chi connectivity index (χ1n) is 12.1. The van der Waals surface area contributed by atoms with Crippen LogP contribution in [0, 0.1) is 0 Å². The van der Waals surface area contributed by atoms with E-state index < -0.39 is 11.2 Å². The van der Waals surface area contributed by atoms with Crippen LogP contribution in [0.2, 0.25) is 5.02 Å². The number of hydrogen-bond acceptors (Lipinski definition) is 4. The van der Waals surface area contributed by atoms with Gasteiger partial charge in [-0.25, -0.2) is 9.78 Å². The fourth-order valence-corrected chi connectivity index (χ4v) is 5.21. The molecule has 0 saturated carbocycles. The van der Waals surface area contributed by atoms with Crippen LogP contribution in [0.5, 0.6) is 0 Å². The molecule has 0 amide bonds. The number of unbranched alkanes of at least 4 members (excludes halogenated alkanes) is 9. The molecule has 3 rings (SSSR count). The SMILES string of the molecule is CCCCCCCCCCCCSc1nc2c(c(=O)[nH]c(=O)n2C)n1Cc1ccccc1Cl. The van der Waals surface area contributed by atoms with Gasteiger partial charge in [0.25, 0.3) is 5.56 Å². The Kier molecular flexibility index (Phi) is 10.1. The Hall–Kier alpha value is -1.99. The Balaban J connectivity index is 1.63. The van der Waals surface area contributed by atoms with Gasteiger partial charge in [0.15, 0.2) is 16.3 Å². The largest absolute Gasteiger partial charge is 0.329 e. The summed E-state index contributed by atoms with van der Waals surface area (Å²) in [5, 5.41) is 1.39. The molecular weight excluding hydrogens is 456 g/mol. The van der Waals surface area contributed by atoms with Gasteiger partial charge >= 0.3 is 5.69 Å². The van der Waals surface area contributed by atoms with E-state index in [0.29, 0.717) is 22.7 Å². The Bertz CT molecular complexity index is 1150. The van der Waals surface area contributed by atoms with Crippen molar-refractivity contribution in [2.75, 3.05) is 5.75 Å². The number of benzene rings is 1. The Morgan fingerprint density at radius 1 is 0.970 bits per heavy atom. The molecule has 1 aromatic carbocycles. The van der Waals surface area contributed by atoms with Gasteiger partial charge < -0.3 is 4.57 Å². The lowest BCUT2D eigenvalue weighted by Gasteiger charge is -2.10. The van der Waals surface area contributed by atoms with E-state index in [1.165, 1.54) is 62.4 Å². The first-order chi connectivity index (χ1) is 16.0. The highest BCUT2D eigenvalue weighted by Crippen LogP contribution is 2.26. The fraction of sp³-hybridized carbons (Fsp3) is 0.560. The molecule has 0 radical (unpaired) electrons. The lowest BCUT2D eigenvalue weighted by molar-refractivity contribution is 0.563. The molecule has 2 aromatic heterocycles. The summed E-state index contributed by atoms with van der Waals surface area (Å²) < 4.78 is 3.28. The number of H-pyrrole nitrogens is 1. The highest BCUT2D eigenvalue weighted by atomic mass is 35.5. The zero-order valence-corrected chi connectivity index (χ0v) is 21.3. The van der Waals surface area contributed by atoms with Crippen LogP contribution < -0.4 is 11.2 Å². The van der Waals surface area contributed by atoms with Crippen LogP contribution in [0.3, 0.4) is 0 Å². The number of imidazole rings is 1. The molecular formula is C25H35ClN4O2S. The van der Waals surface area contributed by atoms with Crippen LogP contribution in [0.25, 0.3) is 11.2 Å². The van der Waals surface area contributed by atoms with Crippen LogP contribution in [0.1, 0.15) is 76.7 Å². The maximum absolute atomic E-state index is 12.6. The predicted molar refractivity (Wildman–Crippen MR) is 139 cm³/mol. The second kappa shape index (κ2) is 13.0. The van der Waals surface area contributed by atoms with Crippen LogP contribution in [-0.2, 0) is 13.6 Å². The monoisotopic (exact) mass is 490 g/mol. The highest BCUT2D eigenvalue weighted by molar-refractivity contribution is 7.99. The van der Waals surface area contributed by atoms with E-state index in [-0.39, 0.29) is 0 Å². The number of hydrogen-bond donors (Lipinski definition) is 1. The first-order valence-corrected chi connectivity index (χ1v) is 13.4. The molecule has 0 unspecified atom stereocenters. The molecule has 33 heavy (non-hydrogen) atoms. The number of aryl methyl sites for hydroxylation is 1. The van der Waals surface area contributed by atoms with Crippen molar-refractivity contribution in [2.24, 2.45) is 7.05 Å². The molecule has 3 aromatic rings. The van der Waals surface area contributed by atoms with Crippen molar-refractivity contribution in [3.63, 3.8) is 0 Å². The average Bonchev–Trinajstić information content (AvgIpc) is 3.16. The number of rotatable bonds is 14. The highest BCUT2D eigenvalue weighted by Gasteiger charge is 2.18. The number of thioether (sulfide) groups is 1. The van der Waals surface area contributed by atoms with E-state index in [1.54, 1.807) is 18.8 Å². The van der Waals surface area contributed by atoms with E-state index >= 15 is 0 Å². The fourth-order valence-electron chi connectivity index (χ4n) is 4.02. The summed E-state index contributed by atoms with van der Waals surface area (Å²) >= 11 is 8.02. The Morgan fingerprint density at radius 3 is 2.27 bits per heavy atom. The van der Waals surface area contributed by atoms with Crippen molar-refractivity contribution in [1.82, 2.24) is 19.1 Å². The summed E-state index contributed by atoms with van der Waals surface area (Å²) in [7, 11) is 1.63. The van der Waals surface area contributed by atoms with E-state index in [2.05, 4.69) is 16.9 Å². The summed E-state index contributed by atoms with van der Waals surface area (Å²) in [4.78, 5) is 31.8. The first kappa shape index (κ1) is 25.6. The Labute approximate surface area is 204 Å². The molecule has 0 aliphatic carbocycles. The molecule has 8 heteroatoms. The molecule has 2 heterocycles. The van der Waals surface area contributed by atoms with Crippen LogP contribution in [0.4, 0.5) is 0 Å². The second-order valence-corrected chi connectivity index (χ2v) is 10.1. The minimum atomic E-state index is -0.457. The summed E-state index contributed by atoms with van der Waals surface area (Å²) in [6, 6.07) is 7.60. The van der Waals surface area contributed by atoms with Gasteiger partial charge in [-0.05, 0) is 18.1 Å². The van der Waals surface area contributed by atoms with Crippen molar-refractivity contribution in [3.05, 3.63) is 55.7 Å². The van der Waals surface area contributed by atoms with Gasteiger partial charge in [0.2, 0.25) is 0 Å². The van der Waals surface area contributed by atoms with E-state index in [4.69, 9.17) is 11.6 Å². The summed E-state index contributed by atoms with van der Waals surface area (Å²) in [5.41, 5.74) is 0.844. The minimum Gasteiger partial charge on any atom is -0.309 e. The number of aromatic nitrogens is 4. The van der Waals surface area contributed by atoms with Crippen molar-refractivity contribution in [3.8, 4) is 0 Å². The normalized spacial score (nSPS) is 11.5. The smallest absolute Gasteiger partial charge is 0.309 e. The second-order valence-electron chi connectivity index (χ2n) is 8.59. The van der Waals surface area contributed by atoms with E-state index in [1.807, 2.05) is 28.8 Å². The number of halogens is 1. The maximum Gasteiger partial charge on any atom is 0.329 e. The molecule has 0 spiro atoms. The number of nitrogens with zero attached hydrogens (tertiary/aromatic N) is 3. The summed E-state index contributed by atoms with van der Waals surface area (Å²) in [6.07, 6.45) is 13.0. The van der Waals surface area contributed by atoms with Crippen molar-refractivity contribution in [2.45, 2.75) is 82.8 Å². The lowest BCUT2D eigenvalue weighted by atomic mass is 10.1. The molecule has 0 aliphatic rings. The minimum absolute atomic E-state index is 0.404. The van der Waals surface area contributed by atoms with E-state index in [0.717, 1.165) is 22.9 Å². The predicted octanol–water partition coefficient (Wildman–Crippen LogP) is 6.14. The van der Waals surface area contributed by atoms with Crippen LogP contribution in [0.15, 0.2) is 39.0 Å². The number of aromatic amines is 1. The van der Waals surface area contributed by atoms with Crippen LogP contribution in [-0.4, -0.2) is 24.9 Å². The van der Waals surface area contributed by atoms with E-state index in [9.17, 15) is 9.59 Å². The summed E-state index contributed by atoms with van der Waals surface area (Å²) in [6.45, 7) is 2.68. The van der Waals surface area contributed by atoms with Crippen molar-refractivity contribution < 1.29 is 0 Å². The molecule has 0 saturated heterocycles. The van der Waals surface area contributed by atoms with Gasteiger partial charge in [0.05, 0.1) is 6.54 Å². The molecule has 1 N–H and O–H groups in total. The summed E-state index contributed by atoms with van der Waals surface area (Å²) in [5.74, 6) is 0.925. The third-order valence-electron chi connectivity index (χ3n) is 5.99. The molecule has 0 atom stereocenters. The quantitative estimate of drug-likeness (QED) is 0.217. The van der Waals surface area contributed by atoms with Crippen LogP contribution >= 0.6 is 23.4 Å². The third-order valence-corrected chi connectivity index (χ3v) is 7.42. The van der Waals surface area contributed by atoms with Gasteiger partial charge in [-0.1, -0.05) is 106 Å². The molecule has 6 nitrogen and oxygen atoms in total. The van der Waals surface area contributed by atoms with Gasteiger partial charge in [-0.15, -0.1) is 0 Å². The number of nitrogens with one attached hydrogen (secondary N) is 1. The van der Waals surface area contributed by atoms with Gasteiger partial charge in [0.1, 0.15) is 0 Å². The van der Waals surface area contributed by atoms with Gasteiger partial charge in [-0.2, -0.15) is 0 Å². The van der Waals surface area contributed by atoms with Crippen molar-refractivity contribution in [1.29, 1.82) is 0 Å². The lowest BCUT2D eigenvalue weighted by Crippen LogP contribution is -2.29. The molecule has 180 valence electrons. The standard InChI is InChI=1S/C25H35ClN4O2S/c1-3-4-5-6-7-8-9-10-11-14-17-33-25-27-22-21(23(31)28-24(32)29(22)2)30(25)18-19-15-12-13-16-20(19)26/h12-13,15-16H,3-11,14,17-18H2,1-2H3,(H,28,31,32). The topological polar surface area (TPSA) is 72.7 Å². The zero-order chi connectivity index (χ0) is 23.6.